The lowest BCUT2D eigenvalue weighted by Gasteiger charge is -2.30. The van der Waals surface area contributed by atoms with Gasteiger partial charge in [-0.2, -0.15) is 18.0 Å². The maximum absolute atomic E-state index is 13.0. The summed E-state index contributed by atoms with van der Waals surface area (Å²) in [4.78, 5) is 0. The van der Waals surface area contributed by atoms with Gasteiger partial charge in [-0.1, -0.05) is 6.92 Å². The van der Waals surface area contributed by atoms with Crippen LogP contribution in [0.5, 0.6) is 0 Å². The summed E-state index contributed by atoms with van der Waals surface area (Å²) >= 11 is 0. The molecule has 1 unspecified atom stereocenters. The number of nitrogens with one attached hydrogen (secondary N) is 1. The summed E-state index contributed by atoms with van der Waals surface area (Å²) in [5.41, 5.74) is 0.0748. The number of nitrogens with zero attached hydrogens (tertiary/aromatic N) is 2. The highest BCUT2D eigenvalue weighted by molar-refractivity contribution is 7.90. The minimum Gasteiger partial charge on any atom is -0.270 e. The van der Waals surface area contributed by atoms with Crippen LogP contribution in [0.4, 0.5) is 10.1 Å². The van der Waals surface area contributed by atoms with Crippen LogP contribution < -0.4 is 4.72 Å². The van der Waals surface area contributed by atoms with Crippen molar-refractivity contribution in [1.29, 1.82) is 5.26 Å². The van der Waals surface area contributed by atoms with Crippen LogP contribution in [0.1, 0.15) is 25.3 Å². The molecule has 0 aliphatic carbocycles. The van der Waals surface area contributed by atoms with Crippen LogP contribution in [0.25, 0.3) is 0 Å². The lowest BCUT2D eigenvalue weighted by molar-refractivity contribution is 0.282. The van der Waals surface area contributed by atoms with Crippen LogP contribution in [-0.4, -0.2) is 25.8 Å². The topological polar surface area (TPSA) is 73.2 Å². The van der Waals surface area contributed by atoms with E-state index in [0.29, 0.717) is 19.0 Å². The van der Waals surface area contributed by atoms with Gasteiger partial charge in [-0.25, -0.2) is 4.39 Å². The van der Waals surface area contributed by atoms with Gasteiger partial charge in [0.25, 0.3) is 0 Å². The first-order chi connectivity index (χ1) is 9.42. The Morgan fingerprint density at radius 2 is 2.25 bits per heavy atom. The molecule has 1 aliphatic heterocycles. The van der Waals surface area contributed by atoms with Crippen molar-refractivity contribution in [3.63, 3.8) is 0 Å². The second kappa shape index (κ2) is 5.77. The summed E-state index contributed by atoms with van der Waals surface area (Å²) < 4.78 is 41.3. The molecule has 5 nitrogen and oxygen atoms in total. The van der Waals surface area contributed by atoms with E-state index >= 15 is 0 Å². The van der Waals surface area contributed by atoms with E-state index in [-0.39, 0.29) is 11.3 Å². The van der Waals surface area contributed by atoms with Crippen molar-refractivity contribution < 1.29 is 12.8 Å². The number of halogens is 1. The summed E-state index contributed by atoms with van der Waals surface area (Å²) in [7, 11) is -3.70. The van der Waals surface area contributed by atoms with Gasteiger partial charge in [0, 0.05) is 13.1 Å². The SMILES string of the molecule is CC1CCCN(S(=O)(=O)Nc2ccc(F)cc2C#N)C1. The van der Waals surface area contributed by atoms with Crippen LogP contribution in [0.2, 0.25) is 0 Å². The standard InChI is InChI=1S/C13H16FN3O2S/c1-10-3-2-6-17(9-10)20(18,19)16-13-5-4-12(14)7-11(13)8-15/h4-5,7,10,16H,2-3,6,9H2,1H3. The van der Waals surface area contributed by atoms with E-state index in [9.17, 15) is 12.8 Å². The quantitative estimate of drug-likeness (QED) is 0.928. The van der Waals surface area contributed by atoms with Crippen molar-refractivity contribution in [1.82, 2.24) is 4.31 Å². The zero-order valence-corrected chi connectivity index (χ0v) is 12.0. The molecular weight excluding hydrogens is 281 g/mol. The first-order valence-corrected chi connectivity index (χ1v) is 7.84. The van der Waals surface area contributed by atoms with Crippen LogP contribution in [0, 0.1) is 23.1 Å². The van der Waals surface area contributed by atoms with Crippen molar-refractivity contribution in [2.24, 2.45) is 5.92 Å². The fraction of sp³-hybridized carbons (Fsp3) is 0.462. The van der Waals surface area contributed by atoms with E-state index in [2.05, 4.69) is 4.72 Å². The normalized spacial score (nSPS) is 20.4. The Morgan fingerprint density at radius 3 is 2.90 bits per heavy atom. The number of hydrogen-bond acceptors (Lipinski definition) is 3. The largest absolute Gasteiger partial charge is 0.301 e. The van der Waals surface area contributed by atoms with E-state index in [1.807, 2.05) is 6.92 Å². The van der Waals surface area contributed by atoms with Crippen molar-refractivity contribution >= 4 is 15.9 Å². The molecule has 2 rings (SSSR count). The highest BCUT2D eigenvalue weighted by Crippen LogP contribution is 2.22. The average molecular weight is 297 g/mol. The van der Waals surface area contributed by atoms with Gasteiger partial charge in [0.05, 0.1) is 11.3 Å². The summed E-state index contributed by atoms with van der Waals surface area (Å²) in [6, 6.07) is 5.18. The zero-order valence-electron chi connectivity index (χ0n) is 11.1. The summed E-state index contributed by atoms with van der Waals surface area (Å²) in [6.45, 7) is 2.92. The van der Waals surface area contributed by atoms with Gasteiger partial charge in [-0.15, -0.1) is 0 Å². The number of hydrogen-bond donors (Lipinski definition) is 1. The minimum absolute atomic E-state index is 0.0290. The Hall–Kier alpha value is -1.65. The Kier molecular flexibility index (Phi) is 4.26. The molecule has 0 saturated carbocycles. The molecule has 0 amide bonds. The maximum atomic E-state index is 13.0. The highest BCUT2D eigenvalue weighted by atomic mass is 32.2. The molecule has 1 aromatic carbocycles. The minimum atomic E-state index is -3.70. The number of anilines is 1. The lowest BCUT2D eigenvalue weighted by atomic mass is 10.0. The lowest BCUT2D eigenvalue weighted by Crippen LogP contribution is -2.42. The predicted octanol–water partition coefficient (Wildman–Crippen LogP) is 2.09. The first-order valence-electron chi connectivity index (χ1n) is 6.40. The molecule has 1 fully saturated rings. The average Bonchev–Trinajstić information content (AvgIpc) is 2.40. The van der Waals surface area contributed by atoms with Gasteiger partial charge in [0.2, 0.25) is 0 Å². The molecule has 0 spiro atoms. The van der Waals surface area contributed by atoms with Gasteiger partial charge in [0.1, 0.15) is 11.9 Å². The van der Waals surface area contributed by atoms with E-state index in [1.165, 1.54) is 10.4 Å². The molecule has 0 bridgehead atoms. The summed E-state index contributed by atoms with van der Waals surface area (Å²) in [6.07, 6.45) is 1.82. The number of rotatable bonds is 3. The fourth-order valence-corrected chi connectivity index (χ4v) is 3.67. The molecule has 1 saturated heterocycles. The van der Waals surface area contributed by atoms with E-state index in [0.717, 1.165) is 25.0 Å². The molecule has 108 valence electrons. The van der Waals surface area contributed by atoms with Crippen molar-refractivity contribution in [3.05, 3.63) is 29.6 Å². The molecule has 1 aliphatic rings. The van der Waals surface area contributed by atoms with Crippen molar-refractivity contribution in [3.8, 4) is 6.07 Å². The van der Waals surface area contributed by atoms with Gasteiger partial charge in [-0.05, 0) is 37.0 Å². The Morgan fingerprint density at radius 1 is 1.50 bits per heavy atom. The Balaban J connectivity index is 2.22. The molecular formula is C13H16FN3O2S. The van der Waals surface area contributed by atoms with Gasteiger partial charge < -0.3 is 0 Å². The Bertz CT molecular complexity index is 640. The molecule has 0 radical (unpaired) electrons. The van der Waals surface area contributed by atoms with Crippen molar-refractivity contribution in [2.75, 3.05) is 17.8 Å². The van der Waals surface area contributed by atoms with E-state index in [1.54, 1.807) is 6.07 Å². The summed E-state index contributed by atoms with van der Waals surface area (Å²) in [5.74, 6) is -0.264. The van der Waals surface area contributed by atoms with Gasteiger partial charge >= 0.3 is 10.2 Å². The molecule has 7 heteroatoms. The molecule has 20 heavy (non-hydrogen) atoms. The second-order valence-corrected chi connectivity index (χ2v) is 6.68. The molecule has 1 atom stereocenters. The molecule has 0 aromatic heterocycles. The zero-order chi connectivity index (χ0) is 14.8. The number of nitriles is 1. The molecule has 1 heterocycles. The van der Waals surface area contributed by atoms with Crippen LogP contribution in [0.15, 0.2) is 18.2 Å². The second-order valence-electron chi connectivity index (χ2n) is 5.01. The third kappa shape index (κ3) is 3.26. The van der Waals surface area contributed by atoms with Gasteiger partial charge in [-0.3, -0.25) is 4.72 Å². The maximum Gasteiger partial charge on any atom is 0.301 e. The van der Waals surface area contributed by atoms with Crippen LogP contribution >= 0.6 is 0 Å². The van der Waals surface area contributed by atoms with Crippen LogP contribution in [-0.2, 0) is 10.2 Å². The predicted molar refractivity (Wildman–Crippen MR) is 73.6 cm³/mol. The molecule has 1 aromatic rings. The van der Waals surface area contributed by atoms with Crippen LogP contribution in [0.3, 0.4) is 0 Å². The molecule has 1 N–H and O–H groups in total. The first kappa shape index (κ1) is 14.8. The smallest absolute Gasteiger partial charge is 0.270 e. The van der Waals surface area contributed by atoms with E-state index < -0.39 is 16.0 Å². The van der Waals surface area contributed by atoms with E-state index in [4.69, 9.17) is 5.26 Å². The van der Waals surface area contributed by atoms with Crippen molar-refractivity contribution in [2.45, 2.75) is 19.8 Å². The third-order valence-electron chi connectivity index (χ3n) is 3.30. The fourth-order valence-electron chi connectivity index (χ4n) is 2.27. The highest BCUT2D eigenvalue weighted by Gasteiger charge is 2.27. The Labute approximate surface area is 118 Å². The van der Waals surface area contributed by atoms with Gasteiger partial charge in [0.15, 0.2) is 0 Å². The summed E-state index contributed by atoms with van der Waals surface area (Å²) in [5, 5.41) is 8.93. The number of piperidine rings is 1. The third-order valence-corrected chi connectivity index (χ3v) is 4.79. The number of benzene rings is 1. The monoisotopic (exact) mass is 297 g/mol.